The van der Waals surface area contributed by atoms with E-state index in [2.05, 4.69) is 19.2 Å². The maximum absolute atomic E-state index is 12.5. The summed E-state index contributed by atoms with van der Waals surface area (Å²) >= 11 is 0. The first kappa shape index (κ1) is 55.1. The molecule has 0 aromatic rings. The summed E-state index contributed by atoms with van der Waals surface area (Å²) in [5, 5.41) is 33.4. The molecule has 0 rings (SSSR count). The molecular weight excluding hydrogens is 691 g/mol. The minimum absolute atomic E-state index is 0.0193. The topological polar surface area (TPSA) is 89.8 Å². The third-order valence-electron chi connectivity index (χ3n) is 12.1. The summed E-state index contributed by atoms with van der Waals surface area (Å²) in [6, 6.07) is -0.740. The third-order valence-corrected chi connectivity index (χ3v) is 12.1. The van der Waals surface area contributed by atoms with Crippen LogP contribution in [0.15, 0.2) is 12.2 Å². The van der Waals surface area contributed by atoms with Crippen LogP contribution in [-0.2, 0) is 4.79 Å². The van der Waals surface area contributed by atoms with Gasteiger partial charge in [-0.15, -0.1) is 0 Å². The van der Waals surface area contributed by atoms with E-state index in [0.29, 0.717) is 6.42 Å². The normalized spacial score (nSPS) is 13.4. The lowest BCUT2D eigenvalue weighted by Gasteiger charge is -2.21. The fraction of sp³-hybridized carbons (Fsp3) is 0.941. The largest absolute Gasteiger partial charge is 0.394 e. The number of allylic oxidation sites excluding steroid dienone is 1. The van der Waals surface area contributed by atoms with Gasteiger partial charge in [-0.05, 0) is 19.3 Å². The van der Waals surface area contributed by atoms with Crippen LogP contribution < -0.4 is 5.32 Å². The lowest BCUT2D eigenvalue weighted by atomic mass is 10.0. The number of amides is 1. The van der Waals surface area contributed by atoms with E-state index in [4.69, 9.17) is 0 Å². The van der Waals surface area contributed by atoms with E-state index in [1.165, 1.54) is 231 Å². The van der Waals surface area contributed by atoms with Gasteiger partial charge in [0.1, 0.15) is 0 Å². The average Bonchev–Trinajstić information content (AvgIpc) is 3.19. The molecule has 0 aliphatic carbocycles. The van der Waals surface area contributed by atoms with Crippen molar-refractivity contribution in [2.24, 2.45) is 0 Å². The van der Waals surface area contributed by atoms with Crippen LogP contribution in [0.1, 0.15) is 284 Å². The number of aliphatic hydroxyl groups excluding tert-OH is 3. The van der Waals surface area contributed by atoms with Gasteiger partial charge >= 0.3 is 0 Å². The van der Waals surface area contributed by atoms with Crippen molar-refractivity contribution < 1.29 is 20.1 Å². The smallest absolute Gasteiger partial charge is 0.222 e. The molecule has 0 aliphatic heterocycles. The molecule has 3 unspecified atom stereocenters. The van der Waals surface area contributed by atoms with Gasteiger partial charge < -0.3 is 20.6 Å². The minimum atomic E-state index is -0.925. The Morgan fingerprint density at radius 2 is 0.732 bits per heavy atom. The summed E-state index contributed by atoms with van der Waals surface area (Å²) in [4.78, 5) is 12.5. The average molecular weight is 792 g/mol. The van der Waals surface area contributed by atoms with Gasteiger partial charge in [0.2, 0.25) is 5.91 Å². The highest BCUT2D eigenvalue weighted by molar-refractivity contribution is 5.76. The van der Waals surface area contributed by atoms with Crippen molar-refractivity contribution >= 4 is 5.91 Å². The second kappa shape index (κ2) is 46.8. The Balaban J connectivity index is 3.58. The minimum Gasteiger partial charge on any atom is -0.394 e. The second-order valence-corrected chi connectivity index (χ2v) is 17.8. The zero-order chi connectivity index (χ0) is 40.8. The molecule has 0 saturated heterocycles. The summed E-state index contributed by atoms with van der Waals surface area (Å²) in [6.07, 6.45) is 56.6. The Bertz CT molecular complexity index is 788. The Kier molecular flexibility index (Phi) is 46.0. The highest BCUT2D eigenvalue weighted by Crippen LogP contribution is 2.17. The highest BCUT2D eigenvalue weighted by atomic mass is 16.3. The Morgan fingerprint density at radius 1 is 0.446 bits per heavy atom. The first-order chi connectivity index (χ1) is 27.5. The highest BCUT2D eigenvalue weighted by Gasteiger charge is 2.20. The molecule has 0 aromatic carbocycles. The maximum atomic E-state index is 12.5. The van der Waals surface area contributed by atoms with E-state index in [0.717, 1.165) is 25.7 Å². The lowest BCUT2D eigenvalue weighted by molar-refractivity contribution is -0.124. The predicted molar refractivity (Wildman–Crippen MR) is 245 cm³/mol. The number of carbonyl (C=O) groups is 1. The fourth-order valence-corrected chi connectivity index (χ4v) is 8.17. The van der Waals surface area contributed by atoms with Crippen molar-refractivity contribution in [1.82, 2.24) is 5.32 Å². The fourth-order valence-electron chi connectivity index (χ4n) is 8.17. The van der Waals surface area contributed by atoms with Crippen LogP contribution in [0, 0.1) is 0 Å². The molecule has 0 spiro atoms. The molecule has 0 aromatic heterocycles. The monoisotopic (exact) mass is 792 g/mol. The molecule has 3 atom stereocenters. The molecule has 4 N–H and O–H groups in total. The van der Waals surface area contributed by atoms with Crippen LogP contribution >= 0.6 is 0 Å². The van der Waals surface area contributed by atoms with E-state index < -0.39 is 18.2 Å². The van der Waals surface area contributed by atoms with E-state index >= 15 is 0 Å². The van der Waals surface area contributed by atoms with Gasteiger partial charge in [-0.2, -0.15) is 0 Å². The quantitative estimate of drug-likeness (QED) is 0.0365. The number of hydrogen-bond acceptors (Lipinski definition) is 4. The Morgan fingerprint density at radius 3 is 1.04 bits per heavy atom. The van der Waals surface area contributed by atoms with Crippen LogP contribution in [0.2, 0.25) is 0 Å². The molecule has 5 heteroatoms. The predicted octanol–water partition coefficient (Wildman–Crippen LogP) is 15.2. The number of nitrogens with one attached hydrogen (secondary N) is 1. The number of unbranched alkanes of at least 4 members (excludes halogenated alkanes) is 38. The van der Waals surface area contributed by atoms with Crippen LogP contribution in [0.3, 0.4) is 0 Å². The SMILES string of the molecule is CCCCCCCCCCCCCCCCCCCCC/C=C/C(O)C(CO)NC(=O)CC(O)CCCCCCCCCCCCCCCCCCCCCC. The van der Waals surface area contributed by atoms with E-state index in [1.807, 2.05) is 6.08 Å². The summed E-state index contributed by atoms with van der Waals surface area (Å²) in [5.41, 5.74) is 0. The number of aliphatic hydroxyl groups is 3. The Labute approximate surface area is 350 Å². The van der Waals surface area contributed by atoms with E-state index in [9.17, 15) is 20.1 Å². The number of carbonyl (C=O) groups excluding carboxylic acids is 1. The molecule has 0 saturated carbocycles. The van der Waals surface area contributed by atoms with Crippen molar-refractivity contribution in [2.45, 2.75) is 302 Å². The van der Waals surface area contributed by atoms with E-state index in [1.54, 1.807) is 6.08 Å². The van der Waals surface area contributed by atoms with Crippen LogP contribution in [0.5, 0.6) is 0 Å². The van der Waals surface area contributed by atoms with Gasteiger partial charge in [-0.25, -0.2) is 0 Å². The molecule has 0 bridgehead atoms. The van der Waals surface area contributed by atoms with Gasteiger partial charge in [0, 0.05) is 0 Å². The van der Waals surface area contributed by atoms with Crippen LogP contribution in [-0.4, -0.2) is 46.1 Å². The number of hydrogen-bond donors (Lipinski definition) is 4. The van der Waals surface area contributed by atoms with Crippen LogP contribution in [0.4, 0.5) is 0 Å². The lowest BCUT2D eigenvalue weighted by Crippen LogP contribution is -2.45. The molecule has 0 aliphatic rings. The summed E-state index contributed by atoms with van der Waals surface area (Å²) in [5.74, 6) is -0.309. The van der Waals surface area contributed by atoms with Crippen molar-refractivity contribution in [3.05, 3.63) is 12.2 Å². The first-order valence-corrected chi connectivity index (χ1v) is 25.5. The molecule has 334 valence electrons. The zero-order valence-corrected chi connectivity index (χ0v) is 38.0. The van der Waals surface area contributed by atoms with Gasteiger partial charge in [0.25, 0.3) is 0 Å². The molecule has 1 amide bonds. The van der Waals surface area contributed by atoms with Gasteiger partial charge in [-0.3, -0.25) is 4.79 Å². The zero-order valence-electron chi connectivity index (χ0n) is 38.0. The third kappa shape index (κ3) is 42.7. The maximum Gasteiger partial charge on any atom is 0.222 e. The molecule has 0 heterocycles. The molecular formula is C51H101NO4. The van der Waals surface area contributed by atoms with Gasteiger partial charge in [0.15, 0.2) is 0 Å². The number of rotatable bonds is 47. The summed E-state index contributed by atoms with van der Waals surface area (Å²) < 4.78 is 0. The van der Waals surface area contributed by atoms with Crippen molar-refractivity contribution in [1.29, 1.82) is 0 Å². The van der Waals surface area contributed by atoms with Crippen molar-refractivity contribution in [3.8, 4) is 0 Å². The van der Waals surface area contributed by atoms with Gasteiger partial charge in [0.05, 0.1) is 31.3 Å². The molecule has 5 nitrogen and oxygen atoms in total. The summed E-state index contributed by atoms with van der Waals surface area (Å²) in [6.45, 7) is 4.25. The van der Waals surface area contributed by atoms with Crippen molar-refractivity contribution in [2.75, 3.05) is 6.61 Å². The summed E-state index contributed by atoms with van der Waals surface area (Å²) in [7, 11) is 0. The molecule has 56 heavy (non-hydrogen) atoms. The standard InChI is InChI=1S/C51H101NO4/c1-3-5-7-9-11-13-15-17-19-21-23-25-27-29-31-33-35-37-39-41-43-45-50(55)49(47-53)52-51(56)46-48(54)44-42-40-38-36-34-32-30-28-26-24-22-20-18-16-14-12-10-8-6-4-2/h43,45,48-50,53-55H,3-42,44,46-47H2,1-2H3,(H,52,56)/b45-43+. The second-order valence-electron chi connectivity index (χ2n) is 17.8. The Hall–Kier alpha value is -0.910. The van der Waals surface area contributed by atoms with E-state index in [-0.39, 0.29) is 18.9 Å². The molecule has 0 fully saturated rings. The first-order valence-electron chi connectivity index (χ1n) is 25.5. The van der Waals surface area contributed by atoms with Gasteiger partial charge in [-0.1, -0.05) is 270 Å². The molecule has 0 radical (unpaired) electrons. The van der Waals surface area contributed by atoms with Crippen molar-refractivity contribution in [3.63, 3.8) is 0 Å². The van der Waals surface area contributed by atoms with Crippen LogP contribution in [0.25, 0.3) is 0 Å².